The maximum Gasteiger partial charge on any atom is 0.337 e. The fourth-order valence-corrected chi connectivity index (χ4v) is 4.54. The lowest BCUT2D eigenvalue weighted by Gasteiger charge is -2.44. The summed E-state index contributed by atoms with van der Waals surface area (Å²) in [5.41, 5.74) is 0.352. The molecule has 200 valence electrons. The molecule has 1 aromatic carbocycles. The van der Waals surface area contributed by atoms with E-state index >= 15 is 0 Å². The molecule has 12 heteroatoms. The summed E-state index contributed by atoms with van der Waals surface area (Å²) in [5, 5.41) is 30.8. The fourth-order valence-electron chi connectivity index (χ4n) is 4.54. The Balaban J connectivity index is 1.51. The highest BCUT2D eigenvalue weighted by molar-refractivity contribution is 5.89. The highest BCUT2D eigenvalue weighted by Crippen LogP contribution is 2.39. The van der Waals surface area contributed by atoms with E-state index in [9.17, 15) is 29.7 Å². The van der Waals surface area contributed by atoms with Crippen molar-refractivity contribution < 1.29 is 58.1 Å². The first kappa shape index (κ1) is 26.6. The molecule has 37 heavy (non-hydrogen) atoms. The van der Waals surface area contributed by atoms with Gasteiger partial charge in [-0.05, 0) is 24.6 Å². The Morgan fingerprint density at radius 2 is 2.00 bits per heavy atom. The number of carboxylic acid groups (broad SMARTS) is 1. The molecule has 8 atom stereocenters. The van der Waals surface area contributed by atoms with E-state index < -0.39 is 60.8 Å². The zero-order chi connectivity index (χ0) is 26.7. The molecule has 0 aliphatic carbocycles. The minimum atomic E-state index is -1.60. The summed E-state index contributed by atoms with van der Waals surface area (Å²) in [6.07, 6.45) is -4.75. The third-order valence-electron chi connectivity index (χ3n) is 6.38. The molecule has 3 aliphatic heterocycles. The molecule has 3 heterocycles. The number of carboxylic acids is 1. The van der Waals surface area contributed by atoms with Crippen LogP contribution >= 0.6 is 0 Å². The first-order chi connectivity index (χ1) is 17.7. The second kappa shape index (κ2) is 11.3. The summed E-state index contributed by atoms with van der Waals surface area (Å²) in [4.78, 5) is 35.0. The van der Waals surface area contributed by atoms with Crippen LogP contribution in [-0.4, -0.2) is 83.4 Å². The highest BCUT2D eigenvalue weighted by Gasteiger charge is 2.50. The van der Waals surface area contributed by atoms with Gasteiger partial charge in [0.25, 0.3) is 0 Å². The molecule has 0 spiro atoms. The molecule has 12 nitrogen and oxygen atoms in total. The van der Waals surface area contributed by atoms with Crippen LogP contribution in [-0.2, 0) is 33.3 Å². The summed E-state index contributed by atoms with van der Waals surface area (Å²) < 4.78 is 33.2. The molecule has 0 bridgehead atoms. The van der Waals surface area contributed by atoms with Gasteiger partial charge in [-0.25, -0.2) is 9.59 Å². The third-order valence-corrected chi connectivity index (χ3v) is 6.38. The Hall–Kier alpha value is -3.45. The number of esters is 2. The number of rotatable bonds is 8. The zero-order valence-corrected chi connectivity index (χ0v) is 19.9. The van der Waals surface area contributed by atoms with Gasteiger partial charge in [0, 0.05) is 18.8 Å². The number of hydrogen-bond acceptors (Lipinski definition) is 11. The van der Waals surface area contributed by atoms with E-state index in [0.29, 0.717) is 12.0 Å². The third kappa shape index (κ3) is 5.77. The lowest BCUT2D eigenvalue weighted by molar-refractivity contribution is -0.339. The van der Waals surface area contributed by atoms with Gasteiger partial charge < -0.3 is 43.7 Å². The molecule has 3 N–H and O–H groups in total. The normalized spacial score (nSPS) is 33.2. The van der Waals surface area contributed by atoms with E-state index in [0.717, 1.165) is 6.92 Å². The summed E-state index contributed by atoms with van der Waals surface area (Å²) in [6.45, 7) is 4.88. The van der Waals surface area contributed by atoms with Gasteiger partial charge >= 0.3 is 17.9 Å². The summed E-state index contributed by atoms with van der Waals surface area (Å²) in [5.74, 6) is -2.95. The second-order valence-corrected chi connectivity index (χ2v) is 8.80. The van der Waals surface area contributed by atoms with E-state index in [1.54, 1.807) is 6.08 Å². The number of cyclic esters (lactones) is 1. The van der Waals surface area contributed by atoms with Gasteiger partial charge in [0.15, 0.2) is 12.4 Å². The molecule has 2 saturated heterocycles. The van der Waals surface area contributed by atoms with Gasteiger partial charge in [0.1, 0.15) is 30.7 Å². The first-order valence-electron chi connectivity index (χ1n) is 11.6. The largest absolute Gasteiger partial charge is 0.491 e. The smallest absolute Gasteiger partial charge is 0.337 e. The molecule has 4 rings (SSSR count). The lowest BCUT2D eigenvalue weighted by Crippen LogP contribution is -2.61. The Morgan fingerprint density at radius 1 is 1.22 bits per heavy atom. The molecular formula is C25H28O12. The van der Waals surface area contributed by atoms with E-state index in [1.807, 2.05) is 0 Å². The quantitative estimate of drug-likeness (QED) is 0.326. The van der Waals surface area contributed by atoms with E-state index in [-0.39, 0.29) is 30.4 Å². The zero-order valence-electron chi connectivity index (χ0n) is 19.9. The van der Waals surface area contributed by atoms with E-state index in [2.05, 4.69) is 6.58 Å². The van der Waals surface area contributed by atoms with Crippen molar-refractivity contribution in [3.05, 3.63) is 54.3 Å². The Bertz CT molecular complexity index is 1070. The van der Waals surface area contributed by atoms with Crippen LogP contribution in [0.15, 0.2) is 48.8 Å². The number of aliphatic hydroxyl groups is 2. The van der Waals surface area contributed by atoms with Crippen LogP contribution in [0.4, 0.5) is 0 Å². The maximum atomic E-state index is 12.1. The molecule has 3 aliphatic rings. The molecule has 1 aromatic rings. The van der Waals surface area contributed by atoms with Crippen LogP contribution in [0.1, 0.15) is 23.7 Å². The van der Waals surface area contributed by atoms with Gasteiger partial charge in [-0.1, -0.05) is 12.1 Å². The maximum absolute atomic E-state index is 12.1. The lowest BCUT2D eigenvalue weighted by atomic mass is 9.81. The SMILES string of the molecule is C=C[C@H]1[C@H](O[C@@H]2O[C@H](COc3cccc(C(=O)O)c3)[C@@H](O)[C@H](OC(C)=O)[C@H]2O)OC=C2C(=O)OCC[C@H]21. The Morgan fingerprint density at radius 3 is 2.70 bits per heavy atom. The van der Waals surface area contributed by atoms with Crippen molar-refractivity contribution in [2.24, 2.45) is 11.8 Å². The van der Waals surface area contributed by atoms with Crippen LogP contribution in [0.3, 0.4) is 0 Å². The van der Waals surface area contributed by atoms with Crippen molar-refractivity contribution in [3.8, 4) is 5.75 Å². The van der Waals surface area contributed by atoms with Crippen LogP contribution in [0, 0.1) is 11.8 Å². The van der Waals surface area contributed by atoms with Gasteiger partial charge in [0.05, 0.1) is 24.0 Å². The average Bonchev–Trinajstić information content (AvgIpc) is 2.87. The van der Waals surface area contributed by atoms with E-state index in [4.69, 9.17) is 28.4 Å². The number of carbonyl (C=O) groups is 3. The first-order valence-corrected chi connectivity index (χ1v) is 11.6. The van der Waals surface area contributed by atoms with Gasteiger partial charge in [-0.2, -0.15) is 0 Å². The number of benzene rings is 1. The number of fused-ring (bicyclic) bond motifs is 1. The Kier molecular flexibility index (Phi) is 8.13. The Labute approximate surface area is 212 Å². The molecular weight excluding hydrogens is 492 g/mol. The standard InChI is InChI=1S/C25H28O12/c1-3-15-16-7-8-32-23(31)17(16)10-34-24(15)37-25-20(28)21(35-12(2)26)19(27)18(36-25)11-33-14-6-4-5-13(9-14)22(29)30/h3-6,9-10,15-16,18-21,24-25,27-28H,1,7-8,11H2,2H3,(H,29,30)/t15-,16+,18-,19-,20-,21+,24+,25+/m1/s1. The minimum absolute atomic E-state index is 0.000894. The molecule has 2 fully saturated rings. The van der Waals surface area contributed by atoms with Crippen LogP contribution in [0.5, 0.6) is 5.75 Å². The average molecular weight is 520 g/mol. The molecule has 0 unspecified atom stereocenters. The predicted octanol–water partition coefficient (Wildman–Crippen LogP) is 0.764. The van der Waals surface area contributed by atoms with Crippen molar-refractivity contribution in [1.29, 1.82) is 0 Å². The monoisotopic (exact) mass is 520 g/mol. The van der Waals surface area contributed by atoms with Crippen molar-refractivity contribution >= 4 is 17.9 Å². The number of carbonyl (C=O) groups excluding carboxylic acids is 2. The number of hydrogen-bond donors (Lipinski definition) is 3. The van der Waals surface area contributed by atoms with Crippen molar-refractivity contribution in [1.82, 2.24) is 0 Å². The summed E-state index contributed by atoms with van der Waals surface area (Å²) in [6, 6.07) is 5.71. The number of aromatic carboxylic acids is 1. The summed E-state index contributed by atoms with van der Waals surface area (Å²) in [7, 11) is 0. The second-order valence-electron chi connectivity index (χ2n) is 8.80. The molecule has 0 radical (unpaired) electrons. The van der Waals surface area contributed by atoms with E-state index in [1.165, 1.54) is 30.5 Å². The molecule has 0 saturated carbocycles. The molecule has 0 aromatic heterocycles. The predicted molar refractivity (Wildman–Crippen MR) is 122 cm³/mol. The van der Waals surface area contributed by atoms with Crippen molar-refractivity contribution in [2.75, 3.05) is 13.2 Å². The number of ether oxygens (including phenoxy) is 6. The van der Waals surface area contributed by atoms with Gasteiger partial charge in [-0.15, -0.1) is 6.58 Å². The topological polar surface area (TPSA) is 167 Å². The van der Waals surface area contributed by atoms with Gasteiger partial charge in [-0.3, -0.25) is 4.79 Å². The van der Waals surface area contributed by atoms with Crippen LogP contribution in [0.2, 0.25) is 0 Å². The fraction of sp³-hybridized carbons (Fsp3) is 0.480. The van der Waals surface area contributed by atoms with Crippen molar-refractivity contribution in [3.63, 3.8) is 0 Å². The van der Waals surface area contributed by atoms with Gasteiger partial charge in [0.2, 0.25) is 6.29 Å². The van der Waals surface area contributed by atoms with Crippen LogP contribution < -0.4 is 4.74 Å². The molecule has 0 amide bonds. The summed E-state index contributed by atoms with van der Waals surface area (Å²) >= 11 is 0. The highest BCUT2D eigenvalue weighted by atomic mass is 16.8. The minimum Gasteiger partial charge on any atom is -0.491 e. The van der Waals surface area contributed by atoms with Crippen LogP contribution in [0.25, 0.3) is 0 Å². The van der Waals surface area contributed by atoms with Crippen molar-refractivity contribution in [2.45, 2.75) is 50.3 Å². The number of aliphatic hydroxyl groups excluding tert-OH is 2.